The predicted molar refractivity (Wildman–Crippen MR) is 122 cm³/mol. The monoisotopic (exact) mass is 458 g/mol. The summed E-state index contributed by atoms with van der Waals surface area (Å²) in [6.07, 6.45) is 0. The van der Waals surface area contributed by atoms with Crippen LogP contribution in [0.1, 0.15) is 16.7 Å². The molecule has 4 aromatic rings. The summed E-state index contributed by atoms with van der Waals surface area (Å²) in [6.45, 7) is 4.01. The number of halogens is 2. The lowest BCUT2D eigenvalue weighted by Gasteiger charge is -2.10. The van der Waals surface area contributed by atoms with Crippen LogP contribution in [-0.4, -0.2) is 18.7 Å². The molecule has 7 nitrogen and oxygen atoms in total. The van der Waals surface area contributed by atoms with Crippen molar-refractivity contribution < 1.29 is 4.74 Å². The second-order valence-corrected chi connectivity index (χ2v) is 8.29. The van der Waals surface area contributed by atoms with Crippen LogP contribution in [0.25, 0.3) is 11.2 Å². The van der Waals surface area contributed by atoms with Crippen LogP contribution in [-0.2, 0) is 20.6 Å². The third-order valence-corrected chi connectivity index (χ3v) is 5.94. The molecule has 31 heavy (non-hydrogen) atoms. The first-order chi connectivity index (χ1) is 14.7. The molecule has 0 atom stereocenters. The standard InChI is InChI=1S/C22H20Cl2N4O3/c1-12-5-8-16(9-13(12)2)31-21-25-19-18(26(21)3)20(29)28(22(30)27(19)4)11-14-6-7-15(23)10-17(14)24/h5-10H,11H2,1-4H3. The molecule has 2 aromatic carbocycles. The smallest absolute Gasteiger partial charge is 0.332 e. The Balaban J connectivity index is 1.84. The van der Waals surface area contributed by atoms with E-state index in [1.165, 1.54) is 4.57 Å². The number of rotatable bonds is 4. The zero-order chi connectivity index (χ0) is 22.4. The van der Waals surface area contributed by atoms with Gasteiger partial charge in [-0.2, -0.15) is 4.98 Å². The van der Waals surface area contributed by atoms with Crippen molar-refractivity contribution in [2.24, 2.45) is 14.1 Å². The second-order valence-electron chi connectivity index (χ2n) is 7.44. The lowest BCUT2D eigenvalue weighted by molar-refractivity contribution is 0.427. The summed E-state index contributed by atoms with van der Waals surface area (Å²) in [4.78, 5) is 30.6. The van der Waals surface area contributed by atoms with Crippen LogP contribution in [0.15, 0.2) is 46.0 Å². The van der Waals surface area contributed by atoms with Crippen molar-refractivity contribution in [1.82, 2.24) is 18.7 Å². The largest absolute Gasteiger partial charge is 0.425 e. The van der Waals surface area contributed by atoms with Crippen molar-refractivity contribution in [3.05, 3.63) is 84.0 Å². The van der Waals surface area contributed by atoms with Crippen LogP contribution >= 0.6 is 23.2 Å². The number of hydrogen-bond donors (Lipinski definition) is 0. The highest BCUT2D eigenvalue weighted by atomic mass is 35.5. The van der Waals surface area contributed by atoms with Crippen LogP contribution in [0.4, 0.5) is 0 Å². The van der Waals surface area contributed by atoms with E-state index in [1.807, 2.05) is 32.0 Å². The number of aryl methyl sites for hydroxylation is 4. The molecular formula is C22H20Cl2N4O3. The molecule has 2 heterocycles. The number of nitrogens with zero attached hydrogens (tertiary/aromatic N) is 4. The van der Waals surface area contributed by atoms with Crippen LogP contribution in [0.3, 0.4) is 0 Å². The molecule has 0 fully saturated rings. The summed E-state index contributed by atoms with van der Waals surface area (Å²) in [6, 6.07) is 10.8. The molecule has 160 valence electrons. The normalized spacial score (nSPS) is 11.3. The van der Waals surface area contributed by atoms with Gasteiger partial charge in [-0.15, -0.1) is 0 Å². The van der Waals surface area contributed by atoms with Crippen molar-refractivity contribution in [3.8, 4) is 11.8 Å². The lowest BCUT2D eigenvalue weighted by atomic mass is 10.1. The van der Waals surface area contributed by atoms with Gasteiger partial charge in [-0.1, -0.05) is 35.3 Å². The first kappa shape index (κ1) is 21.2. The van der Waals surface area contributed by atoms with Gasteiger partial charge in [0.15, 0.2) is 11.2 Å². The van der Waals surface area contributed by atoms with E-state index in [9.17, 15) is 9.59 Å². The molecule has 0 saturated heterocycles. The van der Waals surface area contributed by atoms with Gasteiger partial charge in [-0.25, -0.2) is 4.79 Å². The third kappa shape index (κ3) is 3.75. The van der Waals surface area contributed by atoms with Crippen LogP contribution in [0.5, 0.6) is 11.8 Å². The fourth-order valence-corrected chi connectivity index (χ4v) is 3.83. The van der Waals surface area contributed by atoms with Gasteiger partial charge in [0, 0.05) is 24.1 Å². The zero-order valence-electron chi connectivity index (χ0n) is 17.4. The molecule has 0 aliphatic rings. The lowest BCUT2D eigenvalue weighted by Crippen LogP contribution is -2.39. The summed E-state index contributed by atoms with van der Waals surface area (Å²) in [5.41, 5.74) is 2.35. The first-order valence-corrected chi connectivity index (χ1v) is 10.3. The topological polar surface area (TPSA) is 71.1 Å². The number of benzene rings is 2. The maximum absolute atomic E-state index is 13.2. The number of fused-ring (bicyclic) bond motifs is 1. The van der Waals surface area contributed by atoms with Crippen molar-refractivity contribution in [1.29, 1.82) is 0 Å². The Kier molecular flexibility index (Phi) is 5.41. The van der Waals surface area contributed by atoms with E-state index < -0.39 is 11.2 Å². The fraction of sp³-hybridized carbons (Fsp3) is 0.227. The molecule has 0 spiro atoms. The molecule has 0 aliphatic carbocycles. The molecule has 0 bridgehead atoms. The van der Waals surface area contributed by atoms with Gasteiger partial charge >= 0.3 is 11.7 Å². The molecule has 9 heteroatoms. The first-order valence-electron chi connectivity index (χ1n) is 9.52. The van der Waals surface area contributed by atoms with Crippen LogP contribution < -0.4 is 16.0 Å². The molecule has 0 amide bonds. The van der Waals surface area contributed by atoms with E-state index in [4.69, 9.17) is 27.9 Å². The van der Waals surface area contributed by atoms with Gasteiger partial charge < -0.3 is 4.74 Å². The molecule has 0 aliphatic heterocycles. The number of ether oxygens (including phenoxy) is 1. The Hall–Kier alpha value is -3.03. The summed E-state index contributed by atoms with van der Waals surface area (Å²) in [5, 5.41) is 0.856. The minimum absolute atomic E-state index is 0.00990. The minimum Gasteiger partial charge on any atom is -0.425 e. The second kappa shape index (κ2) is 7.90. The molecule has 0 unspecified atom stereocenters. The van der Waals surface area contributed by atoms with Crippen molar-refractivity contribution in [2.45, 2.75) is 20.4 Å². The van der Waals surface area contributed by atoms with E-state index in [1.54, 1.807) is 36.9 Å². The van der Waals surface area contributed by atoms with E-state index in [-0.39, 0.29) is 23.7 Å². The Morgan fingerprint density at radius 2 is 1.71 bits per heavy atom. The highest BCUT2D eigenvalue weighted by Gasteiger charge is 2.20. The Labute approximate surface area is 188 Å². The van der Waals surface area contributed by atoms with Gasteiger partial charge in [0.05, 0.1) is 6.54 Å². The van der Waals surface area contributed by atoms with E-state index in [0.29, 0.717) is 21.4 Å². The Morgan fingerprint density at radius 3 is 2.39 bits per heavy atom. The van der Waals surface area contributed by atoms with Gasteiger partial charge in [-0.05, 0) is 54.8 Å². The maximum atomic E-state index is 13.2. The number of imidazole rings is 1. The maximum Gasteiger partial charge on any atom is 0.332 e. The number of aromatic nitrogens is 4. The third-order valence-electron chi connectivity index (χ3n) is 5.35. The molecular weight excluding hydrogens is 439 g/mol. The van der Waals surface area contributed by atoms with Gasteiger partial charge in [0.2, 0.25) is 0 Å². The van der Waals surface area contributed by atoms with Crippen LogP contribution in [0.2, 0.25) is 10.0 Å². The average molecular weight is 459 g/mol. The Bertz CT molecular complexity index is 1450. The fourth-order valence-electron chi connectivity index (χ4n) is 3.36. The predicted octanol–water partition coefficient (Wildman–Crippen LogP) is 4.20. The van der Waals surface area contributed by atoms with E-state index >= 15 is 0 Å². The zero-order valence-corrected chi connectivity index (χ0v) is 19.0. The Morgan fingerprint density at radius 1 is 0.968 bits per heavy atom. The van der Waals surface area contributed by atoms with Gasteiger partial charge in [0.25, 0.3) is 5.56 Å². The SMILES string of the molecule is Cc1ccc(Oc2nc3c(c(=O)n(Cc4ccc(Cl)cc4Cl)c(=O)n3C)n2C)cc1C. The highest BCUT2D eigenvalue weighted by molar-refractivity contribution is 6.35. The number of hydrogen-bond acceptors (Lipinski definition) is 4. The van der Waals surface area contributed by atoms with Crippen molar-refractivity contribution in [2.75, 3.05) is 0 Å². The quantitative estimate of drug-likeness (QED) is 0.459. The van der Waals surface area contributed by atoms with Gasteiger partial charge in [-0.3, -0.25) is 18.5 Å². The van der Waals surface area contributed by atoms with E-state index in [0.717, 1.165) is 15.7 Å². The van der Waals surface area contributed by atoms with Gasteiger partial charge in [0.1, 0.15) is 5.75 Å². The highest BCUT2D eigenvalue weighted by Crippen LogP contribution is 2.25. The molecule has 0 N–H and O–H groups in total. The van der Waals surface area contributed by atoms with Crippen LogP contribution in [0, 0.1) is 13.8 Å². The summed E-state index contributed by atoms with van der Waals surface area (Å²) in [5.74, 6) is 0.597. The average Bonchev–Trinajstić information content (AvgIpc) is 3.04. The molecule has 0 saturated carbocycles. The summed E-state index contributed by atoms with van der Waals surface area (Å²) >= 11 is 12.2. The molecule has 0 radical (unpaired) electrons. The summed E-state index contributed by atoms with van der Waals surface area (Å²) < 4.78 is 9.92. The molecule has 4 rings (SSSR count). The van der Waals surface area contributed by atoms with Crippen molar-refractivity contribution >= 4 is 34.4 Å². The minimum atomic E-state index is -0.501. The summed E-state index contributed by atoms with van der Waals surface area (Å²) in [7, 11) is 3.24. The van der Waals surface area contributed by atoms with Crippen molar-refractivity contribution in [3.63, 3.8) is 0 Å². The molecule has 2 aromatic heterocycles. The van der Waals surface area contributed by atoms with E-state index in [2.05, 4.69) is 4.98 Å².